The molecule has 1 saturated carbocycles. The molecule has 1 N–H and O–H groups in total. The third-order valence-corrected chi connectivity index (χ3v) is 4.50. The standard InChI is InChI=1S/C19H13F3N2O2/c20-11-5-6-14(22)15(9-11)23-18(25)19(7-8-19)17-10-16(26-24-17)12-3-1-2-4-13(12)21/h1-6,9-10H,7-8H2,(H,23,25). The number of carbonyl (C=O) groups excluding carboxylic acids is 1. The summed E-state index contributed by atoms with van der Waals surface area (Å²) in [6.45, 7) is 0. The van der Waals surface area contributed by atoms with Crippen molar-refractivity contribution in [3.05, 3.63) is 71.7 Å². The number of carbonyl (C=O) groups is 1. The van der Waals surface area contributed by atoms with E-state index in [1.165, 1.54) is 12.1 Å². The molecule has 0 unspecified atom stereocenters. The molecule has 0 aliphatic heterocycles. The molecule has 4 nitrogen and oxygen atoms in total. The summed E-state index contributed by atoms with van der Waals surface area (Å²) in [5.74, 6) is -2.16. The van der Waals surface area contributed by atoms with E-state index in [-0.39, 0.29) is 17.0 Å². The lowest BCUT2D eigenvalue weighted by Crippen LogP contribution is -2.28. The fourth-order valence-corrected chi connectivity index (χ4v) is 2.85. The fourth-order valence-electron chi connectivity index (χ4n) is 2.85. The van der Waals surface area contributed by atoms with Crippen LogP contribution in [0.15, 0.2) is 53.1 Å². The van der Waals surface area contributed by atoms with Gasteiger partial charge in [0.05, 0.1) is 22.4 Å². The number of hydrogen-bond acceptors (Lipinski definition) is 3. The van der Waals surface area contributed by atoms with Crippen LogP contribution in [0.25, 0.3) is 11.3 Å². The first-order valence-corrected chi connectivity index (χ1v) is 7.98. The van der Waals surface area contributed by atoms with Crippen LogP contribution in [0.5, 0.6) is 0 Å². The van der Waals surface area contributed by atoms with Gasteiger partial charge >= 0.3 is 0 Å². The lowest BCUT2D eigenvalue weighted by atomic mass is 10.00. The van der Waals surface area contributed by atoms with E-state index in [1.54, 1.807) is 18.2 Å². The van der Waals surface area contributed by atoms with Crippen molar-refractivity contribution < 1.29 is 22.5 Å². The van der Waals surface area contributed by atoms with Crippen LogP contribution in [-0.4, -0.2) is 11.1 Å². The predicted octanol–water partition coefficient (Wildman–Crippen LogP) is 4.43. The maximum absolute atomic E-state index is 13.9. The van der Waals surface area contributed by atoms with Crippen LogP contribution in [0.1, 0.15) is 18.5 Å². The van der Waals surface area contributed by atoms with Gasteiger partial charge in [0.2, 0.25) is 5.91 Å². The van der Waals surface area contributed by atoms with E-state index >= 15 is 0 Å². The van der Waals surface area contributed by atoms with Gasteiger partial charge in [-0.2, -0.15) is 0 Å². The van der Waals surface area contributed by atoms with Crippen molar-refractivity contribution in [2.24, 2.45) is 0 Å². The summed E-state index contributed by atoms with van der Waals surface area (Å²) in [6.07, 6.45) is 0.970. The van der Waals surface area contributed by atoms with Crippen molar-refractivity contribution in [3.8, 4) is 11.3 Å². The summed E-state index contributed by atoms with van der Waals surface area (Å²) in [4.78, 5) is 12.6. The van der Waals surface area contributed by atoms with Gasteiger partial charge in [-0.05, 0) is 37.1 Å². The van der Waals surface area contributed by atoms with E-state index in [0.717, 1.165) is 18.2 Å². The zero-order valence-corrected chi connectivity index (χ0v) is 13.4. The maximum Gasteiger partial charge on any atom is 0.236 e. The number of anilines is 1. The number of hydrogen-bond donors (Lipinski definition) is 1. The first-order chi connectivity index (χ1) is 12.5. The highest BCUT2D eigenvalue weighted by atomic mass is 19.1. The molecule has 1 amide bonds. The third kappa shape index (κ3) is 2.75. The molecule has 1 fully saturated rings. The van der Waals surface area contributed by atoms with Gasteiger partial charge in [0.25, 0.3) is 0 Å². The first kappa shape index (κ1) is 16.4. The molecule has 1 aromatic heterocycles. The number of benzene rings is 2. The van der Waals surface area contributed by atoms with Crippen LogP contribution in [0.4, 0.5) is 18.9 Å². The summed E-state index contributed by atoms with van der Waals surface area (Å²) in [7, 11) is 0. The van der Waals surface area contributed by atoms with Crippen LogP contribution in [-0.2, 0) is 10.2 Å². The van der Waals surface area contributed by atoms with E-state index < -0.39 is 28.8 Å². The molecule has 0 saturated heterocycles. The first-order valence-electron chi connectivity index (χ1n) is 7.98. The molecular formula is C19H13F3N2O2. The quantitative estimate of drug-likeness (QED) is 0.751. The molecule has 0 spiro atoms. The van der Waals surface area contributed by atoms with Crippen LogP contribution in [0.2, 0.25) is 0 Å². The molecule has 1 aliphatic carbocycles. The minimum absolute atomic E-state index is 0.203. The Labute approximate surface area is 146 Å². The SMILES string of the molecule is O=C(Nc1cc(F)ccc1F)C1(c2cc(-c3ccccc3F)on2)CC1. The van der Waals surface area contributed by atoms with E-state index in [2.05, 4.69) is 10.5 Å². The number of amides is 1. The second-order valence-electron chi connectivity index (χ2n) is 6.22. The molecule has 132 valence electrons. The van der Waals surface area contributed by atoms with E-state index in [1.807, 2.05) is 0 Å². The number of rotatable bonds is 4. The molecule has 7 heteroatoms. The lowest BCUT2D eigenvalue weighted by Gasteiger charge is -2.13. The van der Waals surface area contributed by atoms with E-state index in [9.17, 15) is 18.0 Å². The zero-order chi connectivity index (χ0) is 18.3. The van der Waals surface area contributed by atoms with Gasteiger partial charge in [0, 0.05) is 12.1 Å². The van der Waals surface area contributed by atoms with Gasteiger partial charge in [0.15, 0.2) is 5.76 Å². The van der Waals surface area contributed by atoms with Gasteiger partial charge < -0.3 is 9.84 Å². The zero-order valence-electron chi connectivity index (χ0n) is 13.4. The molecule has 0 atom stereocenters. The van der Waals surface area contributed by atoms with Crippen LogP contribution >= 0.6 is 0 Å². The summed E-state index contributed by atoms with van der Waals surface area (Å²) in [6, 6.07) is 10.4. The summed E-state index contributed by atoms with van der Waals surface area (Å²) < 4.78 is 46.1. The monoisotopic (exact) mass is 358 g/mol. The van der Waals surface area contributed by atoms with Crippen molar-refractivity contribution in [2.75, 3.05) is 5.32 Å². The Hall–Kier alpha value is -3.09. The summed E-state index contributed by atoms with van der Waals surface area (Å²) in [5, 5.41) is 6.30. The second kappa shape index (κ2) is 6.01. The van der Waals surface area contributed by atoms with Crippen LogP contribution in [0, 0.1) is 17.5 Å². The third-order valence-electron chi connectivity index (χ3n) is 4.50. The Morgan fingerprint density at radius 3 is 2.54 bits per heavy atom. The van der Waals surface area contributed by atoms with Crippen molar-refractivity contribution in [3.63, 3.8) is 0 Å². The highest BCUT2D eigenvalue weighted by Crippen LogP contribution is 2.49. The summed E-state index contributed by atoms with van der Waals surface area (Å²) >= 11 is 0. The molecule has 1 heterocycles. The highest BCUT2D eigenvalue weighted by Gasteiger charge is 2.54. The predicted molar refractivity (Wildman–Crippen MR) is 87.8 cm³/mol. The molecule has 26 heavy (non-hydrogen) atoms. The highest BCUT2D eigenvalue weighted by molar-refractivity contribution is 6.01. The minimum Gasteiger partial charge on any atom is -0.356 e. The Kier molecular flexibility index (Phi) is 3.79. The average Bonchev–Trinajstić information content (AvgIpc) is 3.29. The van der Waals surface area contributed by atoms with Crippen molar-refractivity contribution in [1.82, 2.24) is 5.16 Å². The number of nitrogens with zero attached hydrogens (tertiary/aromatic N) is 1. The van der Waals surface area contributed by atoms with Crippen LogP contribution in [0.3, 0.4) is 0 Å². The molecular weight excluding hydrogens is 345 g/mol. The largest absolute Gasteiger partial charge is 0.356 e. The molecule has 1 aliphatic rings. The van der Waals surface area contributed by atoms with E-state index in [0.29, 0.717) is 18.5 Å². The molecule has 3 aromatic rings. The molecule has 4 rings (SSSR count). The van der Waals surface area contributed by atoms with Gasteiger partial charge in [-0.1, -0.05) is 17.3 Å². The Bertz CT molecular complexity index is 996. The molecule has 2 aromatic carbocycles. The Morgan fingerprint density at radius 1 is 1.04 bits per heavy atom. The molecule has 0 bridgehead atoms. The second-order valence-corrected chi connectivity index (χ2v) is 6.22. The van der Waals surface area contributed by atoms with E-state index in [4.69, 9.17) is 4.52 Å². The number of halogens is 3. The average molecular weight is 358 g/mol. The molecule has 0 radical (unpaired) electrons. The Morgan fingerprint density at radius 2 is 1.81 bits per heavy atom. The van der Waals surface area contributed by atoms with Crippen molar-refractivity contribution in [1.29, 1.82) is 0 Å². The topological polar surface area (TPSA) is 55.1 Å². The minimum atomic E-state index is -0.980. The lowest BCUT2D eigenvalue weighted by molar-refractivity contribution is -0.118. The van der Waals surface area contributed by atoms with Crippen LogP contribution < -0.4 is 5.32 Å². The fraction of sp³-hybridized carbons (Fsp3) is 0.158. The maximum atomic E-state index is 13.9. The van der Waals surface area contributed by atoms with Crippen molar-refractivity contribution >= 4 is 11.6 Å². The van der Waals surface area contributed by atoms with Gasteiger partial charge in [-0.3, -0.25) is 4.79 Å². The summed E-state index contributed by atoms with van der Waals surface area (Å²) in [5.41, 5.74) is -0.644. The normalized spacial score (nSPS) is 14.9. The Balaban J connectivity index is 1.61. The smallest absolute Gasteiger partial charge is 0.236 e. The van der Waals surface area contributed by atoms with Crippen molar-refractivity contribution in [2.45, 2.75) is 18.3 Å². The number of nitrogens with one attached hydrogen (secondary N) is 1. The van der Waals surface area contributed by atoms with Gasteiger partial charge in [-0.15, -0.1) is 0 Å². The number of aromatic nitrogens is 1. The van der Waals surface area contributed by atoms with Gasteiger partial charge in [-0.25, -0.2) is 13.2 Å². The van der Waals surface area contributed by atoms with Gasteiger partial charge in [0.1, 0.15) is 17.5 Å².